The van der Waals surface area contributed by atoms with Crippen LogP contribution in [0.5, 0.6) is 0 Å². The number of benzene rings is 2. The van der Waals surface area contributed by atoms with Gasteiger partial charge >= 0.3 is 0 Å². The second kappa shape index (κ2) is 20.0. The molecule has 11 nitrogen and oxygen atoms in total. The minimum atomic E-state index is -0.650. The van der Waals surface area contributed by atoms with Crippen molar-refractivity contribution >= 4 is 5.91 Å². The van der Waals surface area contributed by atoms with Gasteiger partial charge in [0.1, 0.15) is 0 Å². The summed E-state index contributed by atoms with van der Waals surface area (Å²) in [6.45, 7) is 8.24. The topological polar surface area (TPSA) is 114 Å². The molecule has 264 valence electrons. The van der Waals surface area contributed by atoms with Crippen molar-refractivity contribution in [2.75, 3.05) is 106 Å². The molecule has 11 heteroatoms. The third-order valence-corrected chi connectivity index (χ3v) is 8.79. The third-order valence-electron chi connectivity index (χ3n) is 8.79. The van der Waals surface area contributed by atoms with Crippen LogP contribution in [-0.2, 0) is 49.1 Å². The summed E-state index contributed by atoms with van der Waals surface area (Å²) >= 11 is 0. The fraction of sp³-hybridized carbons (Fsp3) is 0.595. The summed E-state index contributed by atoms with van der Waals surface area (Å²) in [5, 5.41) is 8.98. The number of carbonyl (C=O) groups excluding carboxylic acids is 1. The maximum absolute atomic E-state index is 14.2. The molecule has 1 amide bonds. The minimum absolute atomic E-state index is 0.0167. The molecule has 48 heavy (non-hydrogen) atoms. The normalized spacial score (nSPS) is 22.5. The first-order valence-corrected chi connectivity index (χ1v) is 17.3. The largest absolute Gasteiger partial charge is 0.459 e. The van der Waals surface area contributed by atoms with E-state index in [0.29, 0.717) is 98.8 Å². The highest BCUT2D eigenvalue weighted by Crippen LogP contribution is 2.45. The second-order valence-electron chi connectivity index (χ2n) is 11.8. The SMILES string of the molecule is CCO[C@H]1OC(C(=O)N2CCOCCOCCOCCOCC2)=C[C@@H](c2cccc3c2Cc2ccccc2-3)[C@@H]1CCOCCOCCO. The monoisotopic (exact) mass is 669 g/mol. The van der Waals surface area contributed by atoms with Crippen molar-refractivity contribution in [3.05, 3.63) is 71.0 Å². The zero-order chi connectivity index (χ0) is 33.4. The van der Waals surface area contributed by atoms with Gasteiger partial charge in [-0.15, -0.1) is 0 Å². The van der Waals surface area contributed by atoms with E-state index in [1.54, 1.807) is 4.90 Å². The van der Waals surface area contributed by atoms with E-state index >= 15 is 0 Å². The smallest absolute Gasteiger partial charge is 0.288 e. The van der Waals surface area contributed by atoms with Gasteiger partial charge < -0.3 is 47.9 Å². The molecule has 0 radical (unpaired) electrons. The van der Waals surface area contributed by atoms with Gasteiger partial charge in [0, 0.05) is 38.1 Å². The highest BCUT2D eigenvalue weighted by Gasteiger charge is 2.40. The van der Waals surface area contributed by atoms with Gasteiger partial charge in [0.25, 0.3) is 5.91 Å². The Kier molecular flexibility index (Phi) is 15.1. The van der Waals surface area contributed by atoms with Crippen molar-refractivity contribution in [1.82, 2.24) is 4.90 Å². The molecule has 2 aliphatic heterocycles. The molecule has 5 rings (SSSR count). The molecule has 0 aromatic heterocycles. The predicted octanol–water partition coefficient (Wildman–Crippen LogP) is 3.56. The summed E-state index contributed by atoms with van der Waals surface area (Å²) < 4.78 is 46.7. The van der Waals surface area contributed by atoms with E-state index in [0.717, 1.165) is 6.42 Å². The van der Waals surface area contributed by atoms with Crippen molar-refractivity contribution < 1.29 is 47.8 Å². The highest BCUT2D eigenvalue weighted by molar-refractivity contribution is 5.92. The molecule has 0 bridgehead atoms. The Morgan fingerprint density at radius 3 is 2.15 bits per heavy atom. The summed E-state index contributed by atoms with van der Waals surface area (Å²) in [7, 11) is 0. The fourth-order valence-electron chi connectivity index (χ4n) is 6.47. The number of aliphatic hydroxyl groups is 1. The van der Waals surface area contributed by atoms with Crippen molar-refractivity contribution in [3.63, 3.8) is 0 Å². The molecule has 2 aromatic carbocycles. The second-order valence-corrected chi connectivity index (χ2v) is 11.8. The molecule has 1 aliphatic carbocycles. The minimum Gasteiger partial charge on any atom is -0.459 e. The zero-order valence-corrected chi connectivity index (χ0v) is 28.1. The number of hydrogen-bond acceptors (Lipinski definition) is 10. The van der Waals surface area contributed by atoms with Gasteiger partial charge in [-0.05, 0) is 53.7 Å². The lowest BCUT2D eigenvalue weighted by atomic mass is 9.78. The molecule has 0 unspecified atom stereocenters. The summed E-state index contributed by atoms with van der Waals surface area (Å²) in [6.07, 6.45) is 2.82. The number of ether oxygens (including phenoxy) is 8. The van der Waals surface area contributed by atoms with Crippen LogP contribution in [0.15, 0.2) is 54.3 Å². The number of nitrogens with zero attached hydrogens (tertiary/aromatic N) is 1. The number of fused-ring (bicyclic) bond motifs is 3. The number of hydrogen-bond donors (Lipinski definition) is 1. The lowest BCUT2D eigenvalue weighted by Gasteiger charge is -2.38. The number of aliphatic hydroxyl groups excluding tert-OH is 1. The Labute approximate surface area is 284 Å². The standard InChI is InChI=1S/C37H51NO10/c1-2-47-37-32(10-14-41-18-21-44-17-13-39)34(31-9-5-8-30-29-7-4-3-6-28(29)26-33(30)31)27-35(48-37)36(40)38-11-15-42-19-22-45-24-25-46-23-20-43-16-12-38/h3-9,27,32,34,37,39H,2,10-26H2,1H3/t32-,34-,37-/m0/s1. The van der Waals surface area contributed by atoms with Gasteiger partial charge in [0.05, 0.1) is 79.3 Å². The van der Waals surface area contributed by atoms with Gasteiger partial charge in [0.15, 0.2) is 5.76 Å². The zero-order valence-electron chi connectivity index (χ0n) is 28.1. The van der Waals surface area contributed by atoms with E-state index in [2.05, 4.69) is 42.5 Å². The van der Waals surface area contributed by atoms with Gasteiger partial charge in [-0.1, -0.05) is 42.5 Å². The summed E-state index contributed by atoms with van der Waals surface area (Å²) in [6, 6.07) is 15.0. The van der Waals surface area contributed by atoms with Crippen molar-refractivity contribution in [1.29, 1.82) is 0 Å². The number of amides is 1. The van der Waals surface area contributed by atoms with Crippen LogP contribution in [0, 0.1) is 5.92 Å². The molecule has 1 saturated heterocycles. The van der Waals surface area contributed by atoms with Crippen molar-refractivity contribution in [2.24, 2.45) is 5.92 Å². The van der Waals surface area contributed by atoms with Crippen molar-refractivity contribution in [2.45, 2.75) is 32.0 Å². The van der Waals surface area contributed by atoms with Crippen LogP contribution >= 0.6 is 0 Å². The number of allylic oxidation sites excluding steroid dienone is 1. The Bertz CT molecular complexity index is 1290. The van der Waals surface area contributed by atoms with Crippen LogP contribution in [0.1, 0.15) is 36.0 Å². The summed E-state index contributed by atoms with van der Waals surface area (Å²) in [5.74, 6) is -0.214. The first-order valence-electron chi connectivity index (χ1n) is 17.3. The molecule has 2 heterocycles. The van der Waals surface area contributed by atoms with Crippen LogP contribution < -0.4 is 0 Å². The van der Waals surface area contributed by atoms with Crippen LogP contribution in [0.4, 0.5) is 0 Å². The van der Waals surface area contributed by atoms with Gasteiger partial charge in [0.2, 0.25) is 6.29 Å². The first kappa shape index (κ1) is 36.4. The average Bonchev–Trinajstić information content (AvgIpc) is 3.49. The molecule has 1 N–H and O–H groups in total. The number of carbonyl (C=O) groups is 1. The average molecular weight is 670 g/mol. The van der Waals surface area contributed by atoms with Crippen LogP contribution in [0.25, 0.3) is 11.1 Å². The van der Waals surface area contributed by atoms with E-state index in [-0.39, 0.29) is 36.7 Å². The van der Waals surface area contributed by atoms with Crippen LogP contribution in [0.3, 0.4) is 0 Å². The summed E-state index contributed by atoms with van der Waals surface area (Å²) in [5.41, 5.74) is 6.22. The molecule has 0 saturated carbocycles. The van der Waals surface area contributed by atoms with E-state index in [1.165, 1.54) is 27.8 Å². The molecule has 0 spiro atoms. The molecular formula is C37H51NO10. The lowest BCUT2D eigenvalue weighted by molar-refractivity contribution is -0.172. The Morgan fingerprint density at radius 2 is 1.46 bits per heavy atom. The molecular weight excluding hydrogens is 618 g/mol. The first-order chi connectivity index (χ1) is 23.7. The highest BCUT2D eigenvalue weighted by atomic mass is 16.7. The maximum atomic E-state index is 14.2. The number of rotatable bonds is 12. The summed E-state index contributed by atoms with van der Waals surface area (Å²) in [4.78, 5) is 16.0. The van der Waals surface area contributed by atoms with E-state index in [4.69, 9.17) is 43.0 Å². The Morgan fingerprint density at radius 1 is 0.812 bits per heavy atom. The molecule has 1 fully saturated rings. The van der Waals surface area contributed by atoms with Gasteiger partial charge in [-0.25, -0.2) is 0 Å². The maximum Gasteiger partial charge on any atom is 0.288 e. The van der Waals surface area contributed by atoms with E-state index < -0.39 is 6.29 Å². The molecule has 3 atom stereocenters. The molecule has 3 aliphatic rings. The third kappa shape index (κ3) is 10.1. The lowest BCUT2D eigenvalue weighted by Crippen LogP contribution is -2.43. The Hall–Kier alpha value is -2.87. The van der Waals surface area contributed by atoms with Crippen LogP contribution in [0.2, 0.25) is 0 Å². The van der Waals surface area contributed by atoms with Crippen molar-refractivity contribution in [3.8, 4) is 11.1 Å². The molecule has 2 aromatic rings. The predicted molar refractivity (Wildman–Crippen MR) is 179 cm³/mol. The van der Waals surface area contributed by atoms with E-state index in [1.807, 2.05) is 13.0 Å². The fourth-order valence-corrected chi connectivity index (χ4v) is 6.47. The van der Waals surface area contributed by atoms with Gasteiger partial charge in [-0.3, -0.25) is 4.79 Å². The van der Waals surface area contributed by atoms with Crippen LogP contribution in [-0.4, -0.2) is 128 Å². The quantitative estimate of drug-likeness (QED) is 0.287. The van der Waals surface area contributed by atoms with E-state index in [9.17, 15) is 4.79 Å². The Balaban J connectivity index is 1.40. The van der Waals surface area contributed by atoms with Gasteiger partial charge in [-0.2, -0.15) is 0 Å².